The van der Waals surface area contributed by atoms with Gasteiger partial charge in [0, 0.05) is 38.9 Å². The minimum atomic E-state index is -0.194. The van der Waals surface area contributed by atoms with E-state index in [4.69, 9.17) is 4.74 Å². The van der Waals surface area contributed by atoms with Crippen LogP contribution in [0.15, 0.2) is 29.3 Å². The number of benzene rings is 1. The highest BCUT2D eigenvalue weighted by Crippen LogP contribution is 2.48. The summed E-state index contributed by atoms with van der Waals surface area (Å²) in [5.41, 5.74) is 0.994. The van der Waals surface area contributed by atoms with E-state index >= 15 is 0 Å². The van der Waals surface area contributed by atoms with Crippen LogP contribution in [0.3, 0.4) is 0 Å². The highest BCUT2D eigenvalue weighted by atomic mass is 19.1. The standard InChI is InChI=1S/C17H26FN3O/c1-3-22-11-10-17(8-9-17)13-21-16(19-2)20-12-14-6-4-5-7-15(14)18/h4-7H,3,8-13H2,1-2H3,(H2,19,20,21). The Morgan fingerprint density at radius 1 is 1.32 bits per heavy atom. The third-order valence-electron chi connectivity index (χ3n) is 4.20. The molecule has 1 aliphatic rings. The summed E-state index contributed by atoms with van der Waals surface area (Å²) in [5, 5.41) is 6.51. The number of guanidine groups is 1. The normalized spacial score (nSPS) is 16.4. The van der Waals surface area contributed by atoms with E-state index in [0.717, 1.165) is 26.2 Å². The van der Waals surface area contributed by atoms with Gasteiger partial charge in [0.05, 0.1) is 0 Å². The summed E-state index contributed by atoms with van der Waals surface area (Å²) in [6.45, 7) is 4.93. The van der Waals surface area contributed by atoms with Gasteiger partial charge in [-0.25, -0.2) is 4.39 Å². The predicted octanol–water partition coefficient (Wildman–Crippen LogP) is 2.70. The summed E-state index contributed by atoms with van der Waals surface area (Å²) in [6, 6.07) is 6.78. The van der Waals surface area contributed by atoms with Crippen LogP contribution in [0.25, 0.3) is 0 Å². The van der Waals surface area contributed by atoms with Gasteiger partial charge in [0.25, 0.3) is 0 Å². The first-order valence-corrected chi connectivity index (χ1v) is 7.95. The first-order chi connectivity index (χ1) is 10.7. The Hall–Kier alpha value is -1.62. The van der Waals surface area contributed by atoms with Crippen molar-refractivity contribution >= 4 is 5.96 Å². The molecule has 0 aliphatic heterocycles. The monoisotopic (exact) mass is 307 g/mol. The molecule has 1 fully saturated rings. The maximum absolute atomic E-state index is 13.6. The van der Waals surface area contributed by atoms with Crippen LogP contribution in [0, 0.1) is 11.2 Å². The molecule has 1 aromatic carbocycles. The van der Waals surface area contributed by atoms with Crippen LogP contribution in [0.5, 0.6) is 0 Å². The van der Waals surface area contributed by atoms with E-state index in [0.29, 0.717) is 23.5 Å². The fraction of sp³-hybridized carbons (Fsp3) is 0.588. The molecule has 22 heavy (non-hydrogen) atoms. The molecule has 122 valence electrons. The van der Waals surface area contributed by atoms with Crippen LogP contribution >= 0.6 is 0 Å². The quantitative estimate of drug-likeness (QED) is 0.441. The van der Waals surface area contributed by atoms with E-state index in [2.05, 4.69) is 15.6 Å². The summed E-state index contributed by atoms with van der Waals surface area (Å²) in [7, 11) is 1.73. The molecule has 1 saturated carbocycles. The molecule has 5 heteroatoms. The highest BCUT2D eigenvalue weighted by Gasteiger charge is 2.41. The fourth-order valence-electron chi connectivity index (χ4n) is 2.44. The molecule has 0 heterocycles. The zero-order valence-electron chi connectivity index (χ0n) is 13.5. The Balaban J connectivity index is 1.75. The van der Waals surface area contributed by atoms with Gasteiger partial charge in [-0.3, -0.25) is 4.99 Å². The van der Waals surface area contributed by atoms with Crippen molar-refractivity contribution in [3.05, 3.63) is 35.6 Å². The van der Waals surface area contributed by atoms with E-state index < -0.39 is 0 Å². The smallest absolute Gasteiger partial charge is 0.191 e. The fourth-order valence-corrected chi connectivity index (χ4v) is 2.44. The van der Waals surface area contributed by atoms with E-state index in [-0.39, 0.29) is 5.82 Å². The van der Waals surface area contributed by atoms with Crippen LogP contribution in [-0.4, -0.2) is 32.8 Å². The molecule has 0 unspecified atom stereocenters. The zero-order valence-corrected chi connectivity index (χ0v) is 13.5. The van der Waals surface area contributed by atoms with Crippen molar-refractivity contribution in [2.45, 2.75) is 32.7 Å². The van der Waals surface area contributed by atoms with Crippen molar-refractivity contribution in [2.75, 3.05) is 26.8 Å². The minimum absolute atomic E-state index is 0.194. The summed E-state index contributed by atoms with van der Waals surface area (Å²) in [5.74, 6) is 0.520. The number of hydrogen-bond acceptors (Lipinski definition) is 2. The van der Waals surface area contributed by atoms with Crippen molar-refractivity contribution in [1.82, 2.24) is 10.6 Å². The maximum Gasteiger partial charge on any atom is 0.191 e. The Morgan fingerprint density at radius 2 is 2.09 bits per heavy atom. The van der Waals surface area contributed by atoms with Crippen molar-refractivity contribution in [3.63, 3.8) is 0 Å². The summed E-state index contributed by atoms with van der Waals surface area (Å²) in [4.78, 5) is 4.20. The third-order valence-corrected chi connectivity index (χ3v) is 4.20. The van der Waals surface area contributed by atoms with Gasteiger partial charge in [-0.15, -0.1) is 0 Å². The van der Waals surface area contributed by atoms with Crippen LogP contribution in [0.1, 0.15) is 31.7 Å². The van der Waals surface area contributed by atoms with Crippen molar-refractivity contribution in [2.24, 2.45) is 10.4 Å². The summed E-state index contributed by atoms with van der Waals surface area (Å²) < 4.78 is 19.0. The molecule has 0 spiro atoms. The number of halogens is 1. The first-order valence-electron chi connectivity index (χ1n) is 7.95. The lowest BCUT2D eigenvalue weighted by Gasteiger charge is -2.18. The van der Waals surface area contributed by atoms with Crippen LogP contribution < -0.4 is 10.6 Å². The summed E-state index contributed by atoms with van der Waals surface area (Å²) >= 11 is 0. The van der Waals surface area contributed by atoms with Crippen LogP contribution in [-0.2, 0) is 11.3 Å². The molecule has 0 radical (unpaired) electrons. The number of nitrogens with one attached hydrogen (secondary N) is 2. The molecule has 0 bridgehead atoms. The lowest BCUT2D eigenvalue weighted by Crippen LogP contribution is -2.40. The maximum atomic E-state index is 13.6. The lowest BCUT2D eigenvalue weighted by atomic mass is 10.0. The largest absolute Gasteiger partial charge is 0.382 e. The van der Waals surface area contributed by atoms with Crippen molar-refractivity contribution in [3.8, 4) is 0 Å². The third kappa shape index (κ3) is 4.98. The molecule has 0 aromatic heterocycles. The number of ether oxygens (including phenoxy) is 1. The second-order valence-corrected chi connectivity index (χ2v) is 5.82. The highest BCUT2D eigenvalue weighted by molar-refractivity contribution is 5.79. The molecule has 2 rings (SSSR count). The SMILES string of the molecule is CCOCCC1(CNC(=NC)NCc2ccccc2F)CC1. The van der Waals surface area contributed by atoms with Crippen molar-refractivity contribution in [1.29, 1.82) is 0 Å². The van der Waals surface area contributed by atoms with Gasteiger partial charge < -0.3 is 15.4 Å². The second kappa shape index (κ2) is 8.13. The van der Waals surface area contributed by atoms with Gasteiger partial charge in [0.2, 0.25) is 0 Å². The van der Waals surface area contributed by atoms with Gasteiger partial charge in [-0.2, -0.15) is 0 Å². The van der Waals surface area contributed by atoms with E-state index in [1.165, 1.54) is 18.9 Å². The van der Waals surface area contributed by atoms with Crippen molar-refractivity contribution < 1.29 is 9.13 Å². The Bertz CT molecular complexity index is 500. The number of rotatable bonds is 8. The topological polar surface area (TPSA) is 45.6 Å². The molecular formula is C17H26FN3O. The molecule has 4 nitrogen and oxygen atoms in total. The van der Waals surface area contributed by atoms with E-state index in [1.807, 2.05) is 13.0 Å². The van der Waals surface area contributed by atoms with E-state index in [1.54, 1.807) is 19.2 Å². The molecule has 1 aromatic rings. The van der Waals surface area contributed by atoms with Crippen LogP contribution in [0.4, 0.5) is 4.39 Å². The molecule has 1 aliphatic carbocycles. The van der Waals surface area contributed by atoms with E-state index in [9.17, 15) is 4.39 Å². The first kappa shape index (κ1) is 16.7. The van der Waals surface area contributed by atoms with Gasteiger partial charge in [-0.05, 0) is 37.7 Å². The minimum Gasteiger partial charge on any atom is -0.382 e. The molecule has 2 N–H and O–H groups in total. The average Bonchev–Trinajstić information content (AvgIpc) is 3.29. The van der Waals surface area contributed by atoms with Gasteiger partial charge >= 0.3 is 0 Å². The Labute approximate surface area is 132 Å². The van der Waals surface area contributed by atoms with Crippen LogP contribution in [0.2, 0.25) is 0 Å². The lowest BCUT2D eigenvalue weighted by molar-refractivity contribution is 0.128. The number of hydrogen-bond donors (Lipinski definition) is 2. The summed E-state index contributed by atoms with van der Waals surface area (Å²) in [6.07, 6.45) is 3.55. The molecule has 0 amide bonds. The number of nitrogens with zero attached hydrogens (tertiary/aromatic N) is 1. The number of aliphatic imine (C=N–C) groups is 1. The predicted molar refractivity (Wildman–Crippen MR) is 87.4 cm³/mol. The Morgan fingerprint density at radius 3 is 2.73 bits per heavy atom. The molecule has 0 saturated heterocycles. The van der Waals surface area contributed by atoms with Gasteiger partial charge in [0.1, 0.15) is 5.82 Å². The average molecular weight is 307 g/mol. The zero-order chi connectivity index (χ0) is 15.8. The van der Waals surface area contributed by atoms with Gasteiger partial charge in [-0.1, -0.05) is 18.2 Å². The molecule has 0 atom stereocenters. The second-order valence-electron chi connectivity index (χ2n) is 5.82. The Kier molecular flexibility index (Phi) is 6.19. The molecular weight excluding hydrogens is 281 g/mol. The van der Waals surface area contributed by atoms with Gasteiger partial charge in [0.15, 0.2) is 5.96 Å².